The number of benzene rings is 3. The zero-order chi connectivity index (χ0) is 19.2. The van der Waals surface area contributed by atoms with Gasteiger partial charge in [-0.2, -0.15) is 0 Å². The fraction of sp³-hybridized carbons (Fsp3) is 0.0476. The topological polar surface area (TPSA) is 58.2 Å². The predicted molar refractivity (Wildman–Crippen MR) is 103 cm³/mol. The van der Waals surface area contributed by atoms with Crippen molar-refractivity contribution in [2.75, 3.05) is 5.32 Å². The highest BCUT2D eigenvalue weighted by molar-refractivity contribution is 6.30. The normalized spacial score (nSPS) is 10.3. The zero-order valence-electron chi connectivity index (χ0n) is 14.2. The van der Waals surface area contributed by atoms with Crippen molar-refractivity contribution < 1.29 is 14.0 Å². The summed E-state index contributed by atoms with van der Waals surface area (Å²) >= 11 is 5.84. The van der Waals surface area contributed by atoms with Crippen molar-refractivity contribution in [2.24, 2.45) is 0 Å². The average Bonchev–Trinajstić information content (AvgIpc) is 2.67. The fourth-order valence-corrected chi connectivity index (χ4v) is 2.58. The van der Waals surface area contributed by atoms with Crippen molar-refractivity contribution in [1.82, 2.24) is 5.32 Å². The number of carbonyl (C=O) groups excluding carboxylic acids is 2. The van der Waals surface area contributed by atoms with Gasteiger partial charge < -0.3 is 10.6 Å². The molecule has 0 bridgehead atoms. The van der Waals surface area contributed by atoms with Gasteiger partial charge in [0, 0.05) is 28.4 Å². The van der Waals surface area contributed by atoms with Crippen molar-refractivity contribution in [2.45, 2.75) is 6.54 Å². The van der Waals surface area contributed by atoms with E-state index in [9.17, 15) is 14.0 Å². The fourth-order valence-electron chi connectivity index (χ4n) is 2.46. The molecule has 0 atom stereocenters. The van der Waals surface area contributed by atoms with E-state index in [1.54, 1.807) is 36.4 Å². The molecule has 0 spiro atoms. The number of amides is 2. The minimum absolute atomic E-state index is 0.301. The van der Waals surface area contributed by atoms with Crippen LogP contribution in [0.25, 0.3) is 0 Å². The molecule has 6 heteroatoms. The Labute approximate surface area is 161 Å². The first-order valence-corrected chi connectivity index (χ1v) is 8.59. The molecule has 3 aromatic rings. The van der Waals surface area contributed by atoms with Crippen LogP contribution in [0.1, 0.15) is 26.3 Å². The second-order valence-corrected chi connectivity index (χ2v) is 6.29. The van der Waals surface area contributed by atoms with Crippen molar-refractivity contribution in [3.05, 3.63) is 100 Å². The van der Waals surface area contributed by atoms with E-state index in [4.69, 9.17) is 11.6 Å². The second-order valence-electron chi connectivity index (χ2n) is 5.85. The smallest absolute Gasteiger partial charge is 0.255 e. The first kappa shape index (κ1) is 18.6. The third-order valence-electron chi connectivity index (χ3n) is 3.84. The lowest BCUT2D eigenvalue weighted by Crippen LogP contribution is -2.23. The number of rotatable bonds is 5. The largest absolute Gasteiger partial charge is 0.348 e. The number of hydrogen-bond acceptors (Lipinski definition) is 2. The van der Waals surface area contributed by atoms with Gasteiger partial charge in [0.15, 0.2) is 0 Å². The molecule has 0 saturated carbocycles. The molecular weight excluding hydrogens is 367 g/mol. The molecule has 0 fully saturated rings. The molecule has 0 aliphatic heterocycles. The van der Waals surface area contributed by atoms with Crippen LogP contribution in [0.5, 0.6) is 0 Å². The molecule has 0 aliphatic rings. The summed E-state index contributed by atoms with van der Waals surface area (Å²) < 4.78 is 13.2. The maximum absolute atomic E-state index is 13.2. The van der Waals surface area contributed by atoms with Gasteiger partial charge in [-0.1, -0.05) is 35.9 Å². The van der Waals surface area contributed by atoms with E-state index in [-0.39, 0.29) is 5.91 Å². The molecule has 3 rings (SSSR count). The third kappa shape index (κ3) is 5.15. The molecule has 3 aromatic carbocycles. The maximum Gasteiger partial charge on any atom is 0.255 e. The number of nitrogens with one attached hydrogen (secondary N) is 2. The Morgan fingerprint density at radius 2 is 1.52 bits per heavy atom. The van der Waals surface area contributed by atoms with E-state index in [2.05, 4.69) is 10.6 Å². The molecule has 0 saturated heterocycles. The lowest BCUT2D eigenvalue weighted by Gasteiger charge is -2.08. The van der Waals surface area contributed by atoms with E-state index >= 15 is 0 Å². The first-order chi connectivity index (χ1) is 13.0. The van der Waals surface area contributed by atoms with Crippen molar-refractivity contribution in [3.8, 4) is 0 Å². The maximum atomic E-state index is 13.2. The van der Waals surface area contributed by atoms with Crippen molar-refractivity contribution in [1.29, 1.82) is 0 Å². The summed E-state index contributed by atoms with van der Waals surface area (Å²) in [7, 11) is 0. The number of halogens is 2. The quantitative estimate of drug-likeness (QED) is 0.674. The average molecular weight is 383 g/mol. The Kier molecular flexibility index (Phi) is 5.84. The molecule has 2 amide bonds. The molecular formula is C21H16ClFN2O2. The lowest BCUT2D eigenvalue weighted by molar-refractivity contribution is 0.0951. The Bertz CT molecular complexity index is 974. The van der Waals surface area contributed by atoms with Gasteiger partial charge >= 0.3 is 0 Å². The second kappa shape index (κ2) is 8.47. The van der Waals surface area contributed by atoms with E-state index in [0.29, 0.717) is 28.4 Å². The summed E-state index contributed by atoms with van der Waals surface area (Å²) in [5.74, 6) is -1.17. The highest BCUT2D eigenvalue weighted by Gasteiger charge is 2.11. The van der Waals surface area contributed by atoms with E-state index in [1.165, 1.54) is 24.3 Å². The van der Waals surface area contributed by atoms with Gasteiger partial charge in [0.1, 0.15) is 5.82 Å². The minimum Gasteiger partial charge on any atom is -0.348 e. The van der Waals surface area contributed by atoms with Gasteiger partial charge in [0.05, 0.1) is 0 Å². The Morgan fingerprint density at radius 3 is 2.22 bits per heavy atom. The molecule has 0 radical (unpaired) electrons. The monoisotopic (exact) mass is 382 g/mol. The molecule has 0 aromatic heterocycles. The predicted octanol–water partition coefficient (Wildman–Crippen LogP) is 4.66. The van der Waals surface area contributed by atoms with E-state index < -0.39 is 11.7 Å². The van der Waals surface area contributed by atoms with Gasteiger partial charge in [-0.25, -0.2) is 4.39 Å². The molecule has 4 nitrogen and oxygen atoms in total. The van der Waals surface area contributed by atoms with Crippen LogP contribution in [0.2, 0.25) is 5.02 Å². The minimum atomic E-state index is -0.442. The van der Waals surface area contributed by atoms with Crippen molar-refractivity contribution in [3.63, 3.8) is 0 Å². The number of carbonyl (C=O) groups is 2. The van der Waals surface area contributed by atoms with Crippen LogP contribution in [0.15, 0.2) is 72.8 Å². The highest BCUT2D eigenvalue weighted by Crippen LogP contribution is 2.13. The zero-order valence-corrected chi connectivity index (χ0v) is 15.0. The lowest BCUT2D eigenvalue weighted by atomic mass is 10.1. The summed E-state index contributed by atoms with van der Waals surface area (Å²) in [4.78, 5) is 24.7. The van der Waals surface area contributed by atoms with Crippen LogP contribution in [0.4, 0.5) is 10.1 Å². The van der Waals surface area contributed by atoms with Gasteiger partial charge in [0.2, 0.25) is 0 Å². The van der Waals surface area contributed by atoms with Crippen molar-refractivity contribution >= 4 is 29.1 Å². The van der Waals surface area contributed by atoms with Gasteiger partial charge in [-0.05, 0) is 54.1 Å². The van der Waals surface area contributed by atoms with Gasteiger partial charge in [-0.3, -0.25) is 9.59 Å². The van der Waals surface area contributed by atoms with Crippen LogP contribution in [-0.2, 0) is 6.54 Å². The van der Waals surface area contributed by atoms with E-state index in [1.807, 2.05) is 12.1 Å². The third-order valence-corrected chi connectivity index (χ3v) is 4.09. The van der Waals surface area contributed by atoms with Crippen LogP contribution in [-0.4, -0.2) is 11.8 Å². The molecule has 136 valence electrons. The molecule has 0 aliphatic carbocycles. The van der Waals surface area contributed by atoms with Crippen LogP contribution < -0.4 is 10.6 Å². The van der Waals surface area contributed by atoms with Crippen LogP contribution in [0.3, 0.4) is 0 Å². The molecule has 27 heavy (non-hydrogen) atoms. The highest BCUT2D eigenvalue weighted by atomic mass is 35.5. The molecule has 2 N–H and O–H groups in total. The summed E-state index contributed by atoms with van der Waals surface area (Å²) in [6.45, 7) is 0.343. The summed E-state index contributed by atoms with van der Waals surface area (Å²) in [6, 6.07) is 19.1. The number of hydrogen-bond donors (Lipinski definition) is 2. The Morgan fingerprint density at radius 1 is 0.852 bits per heavy atom. The summed E-state index contributed by atoms with van der Waals surface area (Å²) in [5, 5.41) is 6.03. The molecule has 0 heterocycles. The SMILES string of the molecule is O=C(NCc1ccc(Cl)cc1)c1cccc(C(=O)Nc2cccc(F)c2)c1. The van der Waals surface area contributed by atoms with Crippen LogP contribution >= 0.6 is 11.6 Å². The van der Waals surface area contributed by atoms with Gasteiger partial charge in [0.25, 0.3) is 11.8 Å². The summed E-state index contributed by atoms with van der Waals surface area (Å²) in [6.07, 6.45) is 0. The van der Waals surface area contributed by atoms with Gasteiger partial charge in [-0.15, -0.1) is 0 Å². The Hall–Kier alpha value is -3.18. The van der Waals surface area contributed by atoms with E-state index in [0.717, 1.165) is 5.56 Å². The molecule has 0 unspecified atom stereocenters. The summed E-state index contributed by atoms with van der Waals surface area (Å²) in [5.41, 5.74) is 1.92. The Balaban J connectivity index is 1.66. The number of anilines is 1. The first-order valence-electron chi connectivity index (χ1n) is 8.21. The standard InChI is InChI=1S/C21H16ClFN2O2/c22-17-9-7-14(8-10-17)13-24-20(26)15-3-1-4-16(11-15)21(27)25-19-6-2-5-18(23)12-19/h1-12H,13H2,(H,24,26)(H,25,27). The van der Waals surface area contributed by atoms with Crippen LogP contribution in [0, 0.1) is 5.82 Å².